The molecule has 1 aromatic heterocycles. The van der Waals surface area contributed by atoms with Gasteiger partial charge in [0.15, 0.2) is 17.3 Å². The summed E-state index contributed by atoms with van der Waals surface area (Å²) in [6, 6.07) is 7.24. The fraction of sp³-hybridized carbons (Fsp3) is 0.516. The van der Waals surface area contributed by atoms with Crippen LogP contribution in [0.1, 0.15) is 83.3 Å². The standard InChI is InChI=1S/C31H42O6/c1-6-9-11-12-13-14-15-22-17-24-25(18-21(22)8-3)37-30(29(33)28(24)32)23-19-26(34-4)31(27(20-23)35-5)36-16-10-7-2/h17-20,33H,6-16H2,1-5H3. The molecule has 0 fully saturated rings. The number of ether oxygens (including phenoxy) is 3. The van der Waals surface area contributed by atoms with Crippen LogP contribution in [0, 0.1) is 0 Å². The number of benzene rings is 2. The summed E-state index contributed by atoms with van der Waals surface area (Å²) >= 11 is 0. The van der Waals surface area contributed by atoms with Crippen molar-refractivity contribution in [3.63, 3.8) is 0 Å². The lowest BCUT2D eigenvalue weighted by atomic mass is 9.96. The lowest BCUT2D eigenvalue weighted by Gasteiger charge is -2.16. The minimum absolute atomic E-state index is 0.0833. The highest BCUT2D eigenvalue weighted by molar-refractivity contribution is 5.84. The summed E-state index contributed by atoms with van der Waals surface area (Å²) in [5.74, 6) is 1.02. The highest BCUT2D eigenvalue weighted by Crippen LogP contribution is 2.43. The van der Waals surface area contributed by atoms with Gasteiger partial charge in [0.05, 0.1) is 26.2 Å². The molecule has 202 valence electrons. The Labute approximate surface area is 220 Å². The summed E-state index contributed by atoms with van der Waals surface area (Å²) in [5, 5.41) is 11.3. The van der Waals surface area contributed by atoms with Crippen LogP contribution in [0.5, 0.6) is 23.0 Å². The molecule has 0 saturated heterocycles. The summed E-state index contributed by atoms with van der Waals surface area (Å²) in [4.78, 5) is 13.3. The van der Waals surface area contributed by atoms with E-state index < -0.39 is 11.2 Å². The fourth-order valence-corrected chi connectivity index (χ4v) is 4.64. The largest absolute Gasteiger partial charge is 0.502 e. The van der Waals surface area contributed by atoms with E-state index in [4.69, 9.17) is 18.6 Å². The Kier molecular flexibility index (Phi) is 10.7. The number of aryl methyl sites for hydroxylation is 2. The van der Waals surface area contributed by atoms with Crippen molar-refractivity contribution >= 4 is 11.0 Å². The van der Waals surface area contributed by atoms with Gasteiger partial charge in [0.25, 0.3) is 0 Å². The second-order valence-corrected chi connectivity index (χ2v) is 9.51. The smallest absolute Gasteiger partial charge is 0.235 e. The molecule has 0 radical (unpaired) electrons. The van der Waals surface area contributed by atoms with Crippen molar-refractivity contribution in [2.75, 3.05) is 20.8 Å². The average molecular weight is 511 g/mol. The van der Waals surface area contributed by atoms with Crippen molar-refractivity contribution < 1.29 is 23.7 Å². The van der Waals surface area contributed by atoms with E-state index >= 15 is 0 Å². The summed E-state index contributed by atoms with van der Waals surface area (Å²) < 4.78 is 23.2. The normalized spacial score (nSPS) is 11.2. The molecule has 0 amide bonds. The van der Waals surface area contributed by atoms with E-state index in [-0.39, 0.29) is 5.76 Å². The number of fused-ring (bicyclic) bond motifs is 1. The molecule has 3 aromatic rings. The van der Waals surface area contributed by atoms with Crippen molar-refractivity contribution in [3.8, 4) is 34.3 Å². The van der Waals surface area contributed by atoms with Gasteiger partial charge in [0.2, 0.25) is 16.9 Å². The lowest BCUT2D eigenvalue weighted by molar-refractivity contribution is 0.270. The number of aromatic hydroxyl groups is 1. The van der Waals surface area contributed by atoms with Gasteiger partial charge in [-0.15, -0.1) is 0 Å². The van der Waals surface area contributed by atoms with Gasteiger partial charge < -0.3 is 23.7 Å². The van der Waals surface area contributed by atoms with Crippen LogP contribution in [0.15, 0.2) is 33.5 Å². The Morgan fingerprint density at radius 1 is 0.811 bits per heavy atom. The number of hydrogen-bond donors (Lipinski definition) is 1. The molecule has 6 heteroatoms. The maximum atomic E-state index is 13.3. The molecule has 0 aliphatic rings. The molecule has 6 nitrogen and oxygen atoms in total. The van der Waals surface area contributed by atoms with Gasteiger partial charge in [-0.05, 0) is 61.1 Å². The van der Waals surface area contributed by atoms with Crippen molar-refractivity contribution in [1.82, 2.24) is 0 Å². The Morgan fingerprint density at radius 2 is 1.46 bits per heavy atom. The van der Waals surface area contributed by atoms with Crippen molar-refractivity contribution in [1.29, 1.82) is 0 Å². The Bertz CT molecular complexity index is 1200. The highest BCUT2D eigenvalue weighted by atomic mass is 16.5. The van der Waals surface area contributed by atoms with Gasteiger partial charge in [0, 0.05) is 5.56 Å². The molecule has 0 saturated carbocycles. The second kappa shape index (κ2) is 14.0. The fourth-order valence-electron chi connectivity index (χ4n) is 4.64. The SMILES string of the molecule is CCCCCCCCc1cc2c(=O)c(O)c(-c3cc(OC)c(OCCCC)c(OC)c3)oc2cc1CC. The van der Waals surface area contributed by atoms with Crippen LogP contribution in [0.25, 0.3) is 22.3 Å². The highest BCUT2D eigenvalue weighted by Gasteiger charge is 2.21. The van der Waals surface area contributed by atoms with Crippen LogP contribution in [0.3, 0.4) is 0 Å². The molecule has 3 rings (SSSR count). The second-order valence-electron chi connectivity index (χ2n) is 9.51. The summed E-state index contributed by atoms with van der Waals surface area (Å²) in [7, 11) is 3.08. The van der Waals surface area contributed by atoms with E-state index in [1.54, 1.807) is 26.4 Å². The predicted molar refractivity (Wildman–Crippen MR) is 150 cm³/mol. The van der Waals surface area contributed by atoms with E-state index in [2.05, 4.69) is 20.8 Å². The molecule has 0 spiro atoms. The molecule has 37 heavy (non-hydrogen) atoms. The van der Waals surface area contributed by atoms with E-state index in [0.717, 1.165) is 43.2 Å². The van der Waals surface area contributed by atoms with Crippen molar-refractivity contribution in [3.05, 3.63) is 45.6 Å². The summed E-state index contributed by atoms with van der Waals surface area (Å²) in [6.45, 7) is 6.95. The zero-order valence-corrected chi connectivity index (χ0v) is 23.1. The maximum absolute atomic E-state index is 13.3. The predicted octanol–water partition coefficient (Wildman–Crippen LogP) is 7.83. The van der Waals surface area contributed by atoms with E-state index in [1.165, 1.54) is 32.1 Å². The first kappa shape index (κ1) is 28.4. The molecule has 1 N–H and O–H groups in total. The van der Waals surface area contributed by atoms with Gasteiger partial charge in [-0.1, -0.05) is 59.3 Å². The third-order valence-corrected chi connectivity index (χ3v) is 6.84. The van der Waals surface area contributed by atoms with Crippen LogP contribution in [0.4, 0.5) is 0 Å². The van der Waals surface area contributed by atoms with E-state index in [9.17, 15) is 9.90 Å². The lowest BCUT2D eigenvalue weighted by Crippen LogP contribution is -2.06. The third-order valence-electron chi connectivity index (χ3n) is 6.84. The van der Waals surface area contributed by atoms with Gasteiger partial charge in [-0.25, -0.2) is 0 Å². The van der Waals surface area contributed by atoms with Crippen LogP contribution >= 0.6 is 0 Å². The molecule has 2 aromatic carbocycles. The monoisotopic (exact) mass is 510 g/mol. The van der Waals surface area contributed by atoms with E-state index in [0.29, 0.717) is 40.4 Å². The third kappa shape index (κ3) is 6.79. The zero-order chi connectivity index (χ0) is 26.8. The molecule has 0 bridgehead atoms. The number of rotatable bonds is 15. The molecule has 0 aliphatic carbocycles. The van der Waals surface area contributed by atoms with Crippen molar-refractivity contribution in [2.45, 2.75) is 85.0 Å². The summed E-state index contributed by atoms with van der Waals surface area (Å²) in [5.41, 5.74) is 2.81. The number of hydrogen-bond acceptors (Lipinski definition) is 6. The molecule has 0 atom stereocenters. The minimum atomic E-state index is -0.440. The zero-order valence-electron chi connectivity index (χ0n) is 23.1. The van der Waals surface area contributed by atoms with Crippen LogP contribution in [-0.4, -0.2) is 25.9 Å². The van der Waals surface area contributed by atoms with Crippen LogP contribution in [0.2, 0.25) is 0 Å². The summed E-state index contributed by atoms with van der Waals surface area (Å²) in [6.07, 6.45) is 11.0. The molecule has 0 aliphatic heterocycles. The van der Waals surface area contributed by atoms with Crippen LogP contribution in [-0.2, 0) is 12.8 Å². The molecular weight excluding hydrogens is 468 g/mol. The Hall–Kier alpha value is -3.15. The van der Waals surface area contributed by atoms with Crippen LogP contribution < -0.4 is 19.6 Å². The Balaban J connectivity index is 1.99. The van der Waals surface area contributed by atoms with Gasteiger partial charge in [-0.2, -0.15) is 0 Å². The molecule has 0 unspecified atom stereocenters. The topological polar surface area (TPSA) is 78.1 Å². The number of unbranched alkanes of at least 4 members (excludes halogenated alkanes) is 6. The molecular formula is C31H42O6. The first-order valence-electron chi connectivity index (χ1n) is 13.7. The van der Waals surface area contributed by atoms with Crippen molar-refractivity contribution in [2.24, 2.45) is 0 Å². The quantitative estimate of drug-likeness (QED) is 0.210. The Morgan fingerprint density at radius 3 is 2.08 bits per heavy atom. The first-order valence-corrected chi connectivity index (χ1v) is 13.7. The maximum Gasteiger partial charge on any atom is 0.235 e. The average Bonchev–Trinajstić information content (AvgIpc) is 2.92. The van der Waals surface area contributed by atoms with Gasteiger partial charge >= 0.3 is 0 Å². The van der Waals surface area contributed by atoms with E-state index in [1.807, 2.05) is 12.1 Å². The number of methoxy groups -OCH3 is 2. The molecule has 1 heterocycles. The van der Waals surface area contributed by atoms with Gasteiger partial charge in [-0.3, -0.25) is 4.79 Å². The first-order chi connectivity index (χ1) is 18.0. The minimum Gasteiger partial charge on any atom is -0.502 e. The van der Waals surface area contributed by atoms with Gasteiger partial charge in [0.1, 0.15) is 5.58 Å².